The molecule has 160 valence electrons. The molecule has 2 amide bonds. The SMILES string of the molecule is Cn1cccc(C(=O)N2CCC(CNC(=O)C3(c4cccs4)CCCC3)CC2)c1=O. The van der Waals surface area contributed by atoms with Crippen molar-refractivity contribution >= 4 is 23.2 Å². The molecule has 0 atom stereocenters. The van der Waals surface area contributed by atoms with Gasteiger partial charge in [0.15, 0.2) is 0 Å². The fourth-order valence-electron chi connectivity index (χ4n) is 4.79. The molecule has 0 radical (unpaired) electrons. The van der Waals surface area contributed by atoms with Gasteiger partial charge in [-0.05, 0) is 55.2 Å². The van der Waals surface area contributed by atoms with Crippen molar-refractivity contribution in [3.05, 3.63) is 56.6 Å². The van der Waals surface area contributed by atoms with Crippen molar-refractivity contribution < 1.29 is 9.59 Å². The lowest BCUT2D eigenvalue weighted by atomic mass is 9.83. The second-order valence-electron chi connectivity index (χ2n) is 8.55. The Balaban J connectivity index is 1.32. The number of aryl methyl sites for hydroxylation is 1. The van der Waals surface area contributed by atoms with Crippen LogP contribution in [0.15, 0.2) is 40.6 Å². The van der Waals surface area contributed by atoms with Gasteiger partial charge in [-0.25, -0.2) is 0 Å². The standard InChI is InChI=1S/C23H29N3O3S/c1-25-12-4-6-18(20(25)27)21(28)26-13-8-17(9-14-26)16-24-22(29)23(10-2-3-11-23)19-7-5-15-30-19/h4-7,12,15,17H,2-3,8-11,13-14,16H2,1H3,(H,24,29). The Bertz CT molecular complexity index is 952. The molecule has 3 heterocycles. The zero-order valence-corrected chi connectivity index (χ0v) is 18.2. The highest BCUT2D eigenvalue weighted by atomic mass is 32.1. The summed E-state index contributed by atoms with van der Waals surface area (Å²) in [5.74, 6) is 0.327. The second-order valence-corrected chi connectivity index (χ2v) is 9.50. The van der Waals surface area contributed by atoms with Gasteiger partial charge in [-0.3, -0.25) is 14.4 Å². The fourth-order valence-corrected chi connectivity index (χ4v) is 5.77. The van der Waals surface area contributed by atoms with E-state index in [0.717, 1.165) is 38.5 Å². The van der Waals surface area contributed by atoms with E-state index in [1.807, 2.05) is 6.07 Å². The quantitative estimate of drug-likeness (QED) is 0.798. The first-order chi connectivity index (χ1) is 14.5. The van der Waals surface area contributed by atoms with Crippen molar-refractivity contribution in [3.63, 3.8) is 0 Å². The Hall–Kier alpha value is -2.41. The first-order valence-corrected chi connectivity index (χ1v) is 11.7. The molecule has 0 bridgehead atoms. The number of aromatic nitrogens is 1. The van der Waals surface area contributed by atoms with E-state index in [0.29, 0.717) is 25.6 Å². The molecule has 0 unspecified atom stereocenters. The first-order valence-electron chi connectivity index (χ1n) is 10.8. The summed E-state index contributed by atoms with van der Waals surface area (Å²) >= 11 is 1.68. The van der Waals surface area contributed by atoms with Gasteiger partial charge in [-0.1, -0.05) is 18.9 Å². The smallest absolute Gasteiger partial charge is 0.263 e. The van der Waals surface area contributed by atoms with E-state index in [9.17, 15) is 14.4 Å². The van der Waals surface area contributed by atoms with E-state index < -0.39 is 0 Å². The van der Waals surface area contributed by atoms with Crippen LogP contribution in [0, 0.1) is 5.92 Å². The van der Waals surface area contributed by atoms with E-state index in [1.165, 1.54) is 9.44 Å². The molecule has 0 aromatic carbocycles. The number of thiophene rings is 1. The van der Waals surface area contributed by atoms with E-state index >= 15 is 0 Å². The van der Waals surface area contributed by atoms with Gasteiger partial charge >= 0.3 is 0 Å². The van der Waals surface area contributed by atoms with Gasteiger partial charge in [0.1, 0.15) is 5.56 Å². The lowest BCUT2D eigenvalue weighted by Gasteiger charge is -2.33. The minimum absolute atomic E-state index is 0.161. The van der Waals surface area contributed by atoms with Crippen molar-refractivity contribution in [2.24, 2.45) is 13.0 Å². The molecular formula is C23H29N3O3S. The lowest BCUT2D eigenvalue weighted by molar-refractivity contribution is -0.126. The Morgan fingerprint density at radius 2 is 1.90 bits per heavy atom. The molecule has 1 saturated carbocycles. The number of carbonyl (C=O) groups is 2. The number of amides is 2. The van der Waals surface area contributed by atoms with Crippen molar-refractivity contribution in [2.45, 2.75) is 43.9 Å². The molecule has 1 N–H and O–H groups in total. The number of pyridine rings is 1. The molecule has 2 aromatic rings. The molecule has 1 aliphatic carbocycles. The van der Waals surface area contributed by atoms with Gasteiger partial charge in [0.25, 0.3) is 11.5 Å². The van der Waals surface area contributed by atoms with Gasteiger partial charge in [-0.15, -0.1) is 11.3 Å². The van der Waals surface area contributed by atoms with Crippen molar-refractivity contribution in [1.29, 1.82) is 0 Å². The molecule has 7 heteroatoms. The number of carbonyl (C=O) groups excluding carboxylic acids is 2. The summed E-state index contributed by atoms with van der Waals surface area (Å²) in [4.78, 5) is 41.0. The molecule has 30 heavy (non-hydrogen) atoms. The van der Waals surface area contributed by atoms with Crippen molar-refractivity contribution in [3.8, 4) is 0 Å². The topological polar surface area (TPSA) is 71.4 Å². The third-order valence-electron chi connectivity index (χ3n) is 6.69. The molecule has 2 fully saturated rings. The summed E-state index contributed by atoms with van der Waals surface area (Å²) in [6, 6.07) is 7.44. The Morgan fingerprint density at radius 3 is 2.57 bits per heavy atom. The van der Waals surface area contributed by atoms with Crippen molar-refractivity contribution in [1.82, 2.24) is 14.8 Å². The minimum Gasteiger partial charge on any atom is -0.355 e. The maximum absolute atomic E-state index is 13.1. The Kier molecular flexibility index (Phi) is 6.09. The maximum atomic E-state index is 13.1. The monoisotopic (exact) mass is 427 g/mol. The van der Waals surface area contributed by atoms with E-state index in [1.54, 1.807) is 41.6 Å². The maximum Gasteiger partial charge on any atom is 0.263 e. The van der Waals surface area contributed by atoms with Crippen LogP contribution in [0.2, 0.25) is 0 Å². The van der Waals surface area contributed by atoms with E-state index in [4.69, 9.17) is 0 Å². The molecular weight excluding hydrogens is 398 g/mol. The third kappa shape index (κ3) is 3.95. The molecule has 1 saturated heterocycles. The summed E-state index contributed by atoms with van der Waals surface area (Å²) in [5.41, 5.74) is -0.378. The Labute approximate surface area is 180 Å². The molecule has 0 spiro atoms. The summed E-state index contributed by atoms with van der Waals surface area (Å²) in [5, 5.41) is 5.28. The van der Waals surface area contributed by atoms with Gasteiger partial charge < -0.3 is 14.8 Å². The van der Waals surface area contributed by atoms with Crippen LogP contribution in [-0.4, -0.2) is 40.9 Å². The van der Waals surface area contributed by atoms with Crippen LogP contribution < -0.4 is 10.9 Å². The van der Waals surface area contributed by atoms with Gasteiger partial charge in [0.2, 0.25) is 5.91 Å². The predicted octanol–water partition coefficient (Wildman–Crippen LogP) is 2.93. The summed E-state index contributed by atoms with van der Waals surface area (Å²) in [7, 11) is 1.65. The number of piperidine rings is 1. The van der Waals surface area contributed by atoms with Gasteiger partial charge in [0, 0.05) is 37.8 Å². The van der Waals surface area contributed by atoms with Crippen LogP contribution in [-0.2, 0) is 17.3 Å². The molecule has 1 aliphatic heterocycles. The van der Waals surface area contributed by atoms with E-state index in [-0.39, 0.29) is 28.4 Å². The number of hydrogen-bond donors (Lipinski definition) is 1. The van der Waals surface area contributed by atoms with Crippen LogP contribution in [0.1, 0.15) is 53.8 Å². The third-order valence-corrected chi connectivity index (χ3v) is 7.77. The normalized spacial score (nSPS) is 19.0. The van der Waals surface area contributed by atoms with Gasteiger partial charge in [0.05, 0.1) is 5.41 Å². The highest BCUT2D eigenvalue weighted by Gasteiger charge is 2.43. The average molecular weight is 428 g/mol. The highest BCUT2D eigenvalue weighted by molar-refractivity contribution is 7.10. The van der Waals surface area contributed by atoms with Crippen LogP contribution in [0.4, 0.5) is 0 Å². The summed E-state index contributed by atoms with van der Waals surface area (Å²) in [6.07, 6.45) is 7.39. The average Bonchev–Trinajstić information content (AvgIpc) is 3.46. The molecule has 6 nitrogen and oxygen atoms in total. The van der Waals surface area contributed by atoms with Crippen LogP contribution in [0.3, 0.4) is 0 Å². The van der Waals surface area contributed by atoms with Crippen LogP contribution in [0.25, 0.3) is 0 Å². The number of likely N-dealkylation sites (tertiary alicyclic amines) is 1. The number of nitrogens with one attached hydrogen (secondary N) is 1. The van der Waals surface area contributed by atoms with Gasteiger partial charge in [-0.2, -0.15) is 0 Å². The fraction of sp³-hybridized carbons (Fsp3) is 0.522. The number of hydrogen-bond acceptors (Lipinski definition) is 4. The Morgan fingerprint density at radius 1 is 1.17 bits per heavy atom. The largest absolute Gasteiger partial charge is 0.355 e. The minimum atomic E-state index is -0.349. The first kappa shape index (κ1) is 20.8. The zero-order chi connectivity index (χ0) is 21.1. The zero-order valence-electron chi connectivity index (χ0n) is 17.4. The van der Waals surface area contributed by atoms with Crippen LogP contribution >= 0.6 is 11.3 Å². The molecule has 4 rings (SSSR count). The van der Waals surface area contributed by atoms with Crippen LogP contribution in [0.5, 0.6) is 0 Å². The predicted molar refractivity (Wildman–Crippen MR) is 118 cm³/mol. The second kappa shape index (κ2) is 8.76. The summed E-state index contributed by atoms with van der Waals surface area (Å²) < 4.78 is 1.43. The number of rotatable bonds is 5. The van der Waals surface area contributed by atoms with E-state index in [2.05, 4.69) is 16.8 Å². The molecule has 2 aromatic heterocycles. The lowest BCUT2D eigenvalue weighted by Crippen LogP contribution is -2.46. The number of nitrogens with zero attached hydrogens (tertiary/aromatic N) is 2. The highest BCUT2D eigenvalue weighted by Crippen LogP contribution is 2.43. The van der Waals surface area contributed by atoms with Crippen molar-refractivity contribution in [2.75, 3.05) is 19.6 Å². The summed E-state index contributed by atoms with van der Waals surface area (Å²) in [6.45, 7) is 1.89. The molecule has 2 aliphatic rings.